The van der Waals surface area contributed by atoms with Crippen LogP contribution in [0.1, 0.15) is 31.9 Å². The fraction of sp³-hybridized carbons (Fsp3) is 0.478. The summed E-state index contributed by atoms with van der Waals surface area (Å²) in [6, 6.07) is 8.47. The Kier molecular flexibility index (Phi) is 13.3. The van der Waals surface area contributed by atoms with E-state index in [-0.39, 0.29) is 15.1 Å². The van der Waals surface area contributed by atoms with E-state index in [0.29, 0.717) is 26.4 Å². The normalized spacial score (nSPS) is 13.6. The zero-order valence-corrected chi connectivity index (χ0v) is 29.5. The van der Waals surface area contributed by atoms with Crippen LogP contribution in [0.25, 0.3) is 0 Å². The van der Waals surface area contributed by atoms with Crippen molar-refractivity contribution in [1.82, 2.24) is 0 Å². The minimum atomic E-state index is -0.270. The third kappa shape index (κ3) is 8.71. The topological polar surface area (TPSA) is 27.7 Å². The van der Waals surface area contributed by atoms with Crippen molar-refractivity contribution >= 4 is 112 Å². The van der Waals surface area contributed by atoms with Crippen molar-refractivity contribution in [3.8, 4) is 11.5 Å². The van der Waals surface area contributed by atoms with Crippen molar-refractivity contribution in [3.63, 3.8) is 0 Å². The van der Waals surface area contributed by atoms with Crippen molar-refractivity contribution in [2.45, 2.75) is 35.8 Å². The van der Waals surface area contributed by atoms with Crippen molar-refractivity contribution in [2.24, 2.45) is 0 Å². The van der Waals surface area contributed by atoms with Gasteiger partial charge in [-0.05, 0) is 106 Å². The smallest absolute Gasteiger partial charge is 0.147 e. The molecule has 0 amide bonds. The first-order valence-electron chi connectivity index (χ1n) is 10.2. The average Bonchev–Trinajstić information content (AvgIpc) is 2.75. The van der Waals surface area contributed by atoms with E-state index in [1.165, 1.54) is 0 Å². The van der Waals surface area contributed by atoms with Gasteiger partial charge in [-0.25, -0.2) is 0 Å². The van der Waals surface area contributed by atoms with Gasteiger partial charge in [0.15, 0.2) is 0 Å². The van der Waals surface area contributed by atoms with Gasteiger partial charge in [-0.1, -0.05) is 61.6 Å². The Morgan fingerprint density at radius 1 is 0.727 bits per heavy atom. The van der Waals surface area contributed by atoms with E-state index in [2.05, 4.69) is 150 Å². The molecule has 0 radical (unpaired) electrons. The predicted molar refractivity (Wildman–Crippen MR) is 163 cm³/mol. The number of hydrogen-bond donors (Lipinski definition) is 0. The highest BCUT2D eigenvalue weighted by Crippen LogP contribution is 2.44. The number of ether oxygens (including phenoxy) is 3. The summed E-state index contributed by atoms with van der Waals surface area (Å²) in [6.45, 7) is 8.74. The lowest BCUT2D eigenvalue weighted by Crippen LogP contribution is -2.20. The van der Waals surface area contributed by atoms with Crippen molar-refractivity contribution in [1.29, 1.82) is 0 Å². The van der Waals surface area contributed by atoms with Crippen LogP contribution >= 0.6 is 112 Å². The quantitative estimate of drug-likeness (QED) is 0.199. The zero-order valence-electron chi connectivity index (χ0n) is 18.4. The third-order valence-corrected chi connectivity index (χ3v) is 10.1. The molecule has 0 aliphatic heterocycles. The molecule has 3 nitrogen and oxygen atoms in total. The molecule has 10 heteroatoms. The molecule has 0 saturated carbocycles. The fourth-order valence-corrected chi connectivity index (χ4v) is 6.44. The Bertz CT molecular complexity index is 890. The highest BCUT2D eigenvalue weighted by molar-refractivity contribution is 9.12. The van der Waals surface area contributed by atoms with Crippen LogP contribution in [-0.2, 0) is 10.2 Å². The largest absolute Gasteiger partial charge is 0.490 e. The Morgan fingerprint density at radius 2 is 1.12 bits per heavy atom. The molecule has 2 aromatic carbocycles. The van der Waals surface area contributed by atoms with E-state index in [9.17, 15) is 0 Å². The van der Waals surface area contributed by atoms with Crippen LogP contribution in [0.5, 0.6) is 11.5 Å². The summed E-state index contributed by atoms with van der Waals surface area (Å²) in [5, 5.41) is 0.819. The van der Waals surface area contributed by atoms with Crippen LogP contribution in [0.2, 0.25) is 0 Å². The number of alkyl halides is 3. The number of hydrogen-bond acceptors (Lipinski definition) is 3. The highest BCUT2D eigenvalue weighted by atomic mass is 79.9. The van der Waals surface area contributed by atoms with E-state index in [0.717, 1.165) is 45.8 Å². The molecule has 0 N–H and O–H groups in total. The van der Waals surface area contributed by atoms with Gasteiger partial charge in [-0.3, -0.25) is 0 Å². The van der Waals surface area contributed by atoms with E-state index in [4.69, 9.17) is 14.2 Å². The molecule has 0 aromatic heterocycles. The summed E-state index contributed by atoms with van der Waals surface area (Å²) in [7, 11) is 0. The molecule has 2 unspecified atom stereocenters. The summed E-state index contributed by atoms with van der Waals surface area (Å²) >= 11 is 25.4. The average molecular weight is 909 g/mol. The molecule has 0 bridgehead atoms. The van der Waals surface area contributed by atoms with Gasteiger partial charge >= 0.3 is 0 Å². The molecule has 0 aliphatic rings. The van der Waals surface area contributed by atoms with Gasteiger partial charge in [0, 0.05) is 17.4 Å². The van der Waals surface area contributed by atoms with E-state index >= 15 is 0 Å². The lowest BCUT2D eigenvalue weighted by atomic mass is 9.78. The van der Waals surface area contributed by atoms with Gasteiger partial charge in [-0.2, -0.15) is 0 Å². The van der Waals surface area contributed by atoms with Gasteiger partial charge < -0.3 is 14.2 Å². The summed E-state index contributed by atoms with van der Waals surface area (Å²) in [6.07, 6.45) is 0. The molecule has 33 heavy (non-hydrogen) atoms. The second kappa shape index (κ2) is 14.3. The first-order chi connectivity index (χ1) is 15.5. The highest BCUT2D eigenvalue weighted by Gasteiger charge is 2.27. The molecule has 0 saturated heterocycles. The summed E-state index contributed by atoms with van der Waals surface area (Å²) < 4.78 is 21.1. The lowest BCUT2D eigenvalue weighted by Gasteiger charge is -2.28. The summed E-state index contributed by atoms with van der Waals surface area (Å²) in [4.78, 5) is 0.360. The van der Waals surface area contributed by atoms with Crippen LogP contribution in [0.4, 0.5) is 0 Å². The van der Waals surface area contributed by atoms with Gasteiger partial charge in [0.25, 0.3) is 0 Å². The first-order valence-corrected chi connectivity index (χ1v) is 16.3. The fourth-order valence-electron chi connectivity index (χ4n) is 2.97. The summed E-state index contributed by atoms with van der Waals surface area (Å²) in [5.41, 5.74) is 2.02. The number of benzene rings is 2. The molecule has 0 heterocycles. The minimum Gasteiger partial charge on any atom is -0.490 e. The van der Waals surface area contributed by atoms with Gasteiger partial charge in [0.2, 0.25) is 0 Å². The van der Waals surface area contributed by atoms with Crippen molar-refractivity contribution < 1.29 is 14.2 Å². The van der Waals surface area contributed by atoms with E-state index < -0.39 is 0 Å². The Morgan fingerprint density at radius 3 is 1.48 bits per heavy atom. The molecular weight excluding hydrogens is 884 g/mol. The first kappa shape index (κ1) is 30.6. The second-order valence-corrected chi connectivity index (χ2v) is 14.4. The Hall–Kier alpha value is 1.36. The number of rotatable bonds is 12. The van der Waals surface area contributed by atoms with Gasteiger partial charge in [0.05, 0.1) is 34.2 Å². The zero-order chi connectivity index (χ0) is 24.8. The molecule has 0 fully saturated rings. The maximum Gasteiger partial charge on any atom is 0.147 e. The molecular formula is C23H25Br7O3. The van der Waals surface area contributed by atoms with Crippen LogP contribution in [0.3, 0.4) is 0 Å². The van der Waals surface area contributed by atoms with Gasteiger partial charge in [-0.15, -0.1) is 0 Å². The minimum absolute atomic E-state index is 0.122. The van der Waals surface area contributed by atoms with E-state index in [1.807, 2.05) is 6.92 Å². The SMILES string of the molecule is CCOCC(Br)COc1c(Br)cc(C(C)(C)c2cc(Br)c(OCC(Br)CBr)c(Br)c2)cc1Br. The van der Waals surface area contributed by atoms with Gasteiger partial charge in [0.1, 0.15) is 24.7 Å². The second-order valence-electron chi connectivity index (χ2n) is 7.79. The molecule has 2 aromatic rings. The molecule has 184 valence electrons. The summed E-state index contributed by atoms with van der Waals surface area (Å²) in [5.74, 6) is 1.57. The third-order valence-electron chi connectivity index (χ3n) is 4.93. The molecule has 2 atom stereocenters. The maximum absolute atomic E-state index is 6.05. The van der Waals surface area contributed by atoms with Crippen molar-refractivity contribution in [2.75, 3.05) is 31.8 Å². The number of halogens is 7. The van der Waals surface area contributed by atoms with E-state index in [1.54, 1.807) is 0 Å². The monoisotopic (exact) mass is 902 g/mol. The lowest BCUT2D eigenvalue weighted by molar-refractivity contribution is 0.136. The maximum atomic E-state index is 6.05. The Labute approximate surface area is 255 Å². The van der Waals surface area contributed by atoms with Crippen LogP contribution in [-0.4, -0.2) is 41.4 Å². The predicted octanol–water partition coefficient (Wildman–Crippen LogP) is 9.78. The van der Waals surface area contributed by atoms with Crippen LogP contribution < -0.4 is 9.47 Å². The standard InChI is InChI=1S/C23H25Br7O3/c1-4-31-10-16(26)12-33-22-19(29)7-14(8-20(22)30)23(2,3)13-5-17(27)21(18(28)6-13)32-11-15(25)9-24/h5-8,15-16H,4,9-12H2,1-3H3. The van der Waals surface area contributed by atoms with Crippen molar-refractivity contribution in [3.05, 3.63) is 53.3 Å². The molecule has 2 rings (SSSR count). The molecule has 0 spiro atoms. The van der Waals surface area contributed by atoms with Crippen LogP contribution in [0, 0.1) is 0 Å². The molecule has 0 aliphatic carbocycles. The van der Waals surface area contributed by atoms with Crippen LogP contribution in [0.15, 0.2) is 42.2 Å². The Balaban J connectivity index is 2.27.